The zero-order valence-electron chi connectivity index (χ0n) is 13.4. The number of aryl methyl sites for hydroxylation is 1. The van der Waals surface area contributed by atoms with Crippen molar-refractivity contribution in [3.8, 4) is 0 Å². The van der Waals surface area contributed by atoms with Crippen LogP contribution in [-0.2, 0) is 10.2 Å². The lowest BCUT2D eigenvalue weighted by Gasteiger charge is -2.29. The number of carbonyl (C=O) groups is 1. The molecule has 112 valence electrons. The van der Waals surface area contributed by atoms with Crippen LogP contribution in [0.5, 0.6) is 0 Å². The summed E-state index contributed by atoms with van der Waals surface area (Å²) in [6.45, 7) is 10.8. The average Bonchev–Trinajstić information content (AvgIpc) is 2.36. The first-order valence-electron chi connectivity index (χ1n) is 7.33. The van der Waals surface area contributed by atoms with Crippen LogP contribution >= 0.6 is 0 Å². The lowest BCUT2D eigenvalue weighted by atomic mass is 9.84. The first-order chi connectivity index (χ1) is 9.19. The second kappa shape index (κ2) is 6.40. The molecule has 20 heavy (non-hydrogen) atoms. The molecular weight excluding hydrogens is 248 g/mol. The van der Waals surface area contributed by atoms with E-state index in [4.69, 9.17) is 5.73 Å². The Morgan fingerprint density at radius 1 is 1.20 bits per heavy atom. The van der Waals surface area contributed by atoms with E-state index in [1.807, 2.05) is 6.92 Å². The van der Waals surface area contributed by atoms with Crippen molar-refractivity contribution in [3.63, 3.8) is 0 Å². The van der Waals surface area contributed by atoms with E-state index in [1.165, 1.54) is 11.1 Å². The van der Waals surface area contributed by atoms with Crippen molar-refractivity contribution in [3.05, 3.63) is 35.4 Å². The molecule has 0 fully saturated rings. The van der Waals surface area contributed by atoms with Gasteiger partial charge in [-0.2, -0.15) is 0 Å². The summed E-state index contributed by atoms with van der Waals surface area (Å²) < 4.78 is 0. The number of rotatable bonds is 6. The molecule has 3 heteroatoms. The number of hydrogen-bond acceptors (Lipinski definition) is 2. The Labute approximate surface area is 122 Å². The standard InChI is InChI=1S/C17H28N2O/c1-6-11-17(5,18)15(20)19-12-16(3,4)14-9-7-13(2)8-10-14/h7-10H,6,11-12,18H2,1-5H3,(H,19,20). The number of nitrogens with one attached hydrogen (secondary N) is 1. The molecule has 0 aliphatic carbocycles. The molecule has 1 unspecified atom stereocenters. The fourth-order valence-electron chi connectivity index (χ4n) is 2.24. The Kier molecular flexibility index (Phi) is 5.35. The van der Waals surface area contributed by atoms with Crippen LogP contribution in [0, 0.1) is 6.92 Å². The smallest absolute Gasteiger partial charge is 0.239 e. The minimum absolute atomic E-state index is 0.0699. The normalized spacial score (nSPS) is 14.7. The van der Waals surface area contributed by atoms with Gasteiger partial charge >= 0.3 is 0 Å². The number of benzene rings is 1. The van der Waals surface area contributed by atoms with Crippen LogP contribution in [0.2, 0.25) is 0 Å². The summed E-state index contributed by atoms with van der Waals surface area (Å²) in [5, 5.41) is 3.00. The van der Waals surface area contributed by atoms with Gasteiger partial charge in [0.1, 0.15) is 0 Å². The summed E-state index contributed by atoms with van der Waals surface area (Å²) in [6.07, 6.45) is 1.60. The van der Waals surface area contributed by atoms with Crippen LogP contribution in [0.4, 0.5) is 0 Å². The van der Waals surface area contributed by atoms with Gasteiger partial charge in [-0.1, -0.05) is 57.0 Å². The van der Waals surface area contributed by atoms with E-state index >= 15 is 0 Å². The molecule has 1 amide bonds. The third-order valence-electron chi connectivity index (χ3n) is 3.81. The van der Waals surface area contributed by atoms with Gasteiger partial charge in [-0.05, 0) is 25.8 Å². The molecule has 0 heterocycles. The van der Waals surface area contributed by atoms with Crippen LogP contribution in [-0.4, -0.2) is 18.0 Å². The predicted octanol–water partition coefficient (Wildman–Crippen LogP) is 2.91. The SMILES string of the molecule is CCCC(C)(N)C(=O)NCC(C)(C)c1ccc(C)cc1. The first-order valence-corrected chi connectivity index (χ1v) is 7.33. The van der Waals surface area contributed by atoms with Gasteiger partial charge in [0.25, 0.3) is 0 Å². The van der Waals surface area contributed by atoms with Gasteiger partial charge in [-0.3, -0.25) is 4.79 Å². The molecular formula is C17H28N2O. The van der Waals surface area contributed by atoms with Crippen molar-refractivity contribution in [2.24, 2.45) is 5.73 Å². The van der Waals surface area contributed by atoms with Crippen molar-refractivity contribution < 1.29 is 4.79 Å². The van der Waals surface area contributed by atoms with Crippen LogP contribution in [0.25, 0.3) is 0 Å². The zero-order chi connectivity index (χ0) is 15.4. The predicted molar refractivity (Wildman–Crippen MR) is 84.7 cm³/mol. The Balaban J connectivity index is 2.68. The van der Waals surface area contributed by atoms with Gasteiger partial charge in [-0.15, -0.1) is 0 Å². The van der Waals surface area contributed by atoms with Crippen molar-refractivity contribution in [1.82, 2.24) is 5.32 Å². The van der Waals surface area contributed by atoms with Gasteiger partial charge in [0.15, 0.2) is 0 Å². The van der Waals surface area contributed by atoms with Gasteiger partial charge in [-0.25, -0.2) is 0 Å². The second-order valence-electron chi connectivity index (χ2n) is 6.60. The van der Waals surface area contributed by atoms with E-state index in [1.54, 1.807) is 6.92 Å². The highest BCUT2D eigenvalue weighted by Gasteiger charge is 2.29. The second-order valence-corrected chi connectivity index (χ2v) is 6.60. The van der Waals surface area contributed by atoms with E-state index in [-0.39, 0.29) is 11.3 Å². The van der Waals surface area contributed by atoms with Crippen LogP contribution in [0.3, 0.4) is 0 Å². The summed E-state index contributed by atoms with van der Waals surface area (Å²) in [7, 11) is 0. The van der Waals surface area contributed by atoms with Gasteiger partial charge in [0.05, 0.1) is 5.54 Å². The molecule has 1 aromatic carbocycles. The van der Waals surface area contributed by atoms with Crippen LogP contribution in [0.15, 0.2) is 24.3 Å². The molecule has 0 saturated carbocycles. The molecule has 3 N–H and O–H groups in total. The lowest BCUT2D eigenvalue weighted by Crippen LogP contribution is -2.53. The number of carbonyl (C=O) groups excluding carboxylic acids is 1. The molecule has 0 aliphatic heterocycles. The van der Waals surface area contributed by atoms with E-state index in [0.717, 1.165) is 6.42 Å². The van der Waals surface area contributed by atoms with Crippen LogP contribution in [0.1, 0.15) is 51.7 Å². The van der Waals surface area contributed by atoms with E-state index in [0.29, 0.717) is 13.0 Å². The van der Waals surface area contributed by atoms with E-state index in [9.17, 15) is 4.79 Å². The Hall–Kier alpha value is -1.35. The highest BCUT2D eigenvalue weighted by atomic mass is 16.2. The topological polar surface area (TPSA) is 55.1 Å². The summed E-state index contributed by atoms with van der Waals surface area (Å²) in [5.41, 5.74) is 7.62. The average molecular weight is 276 g/mol. The molecule has 0 bridgehead atoms. The molecule has 1 aromatic rings. The molecule has 0 aromatic heterocycles. The van der Waals surface area contributed by atoms with Gasteiger partial charge in [0, 0.05) is 12.0 Å². The summed E-state index contributed by atoms with van der Waals surface area (Å²) >= 11 is 0. The quantitative estimate of drug-likeness (QED) is 0.839. The summed E-state index contributed by atoms with van der Waals surface area (Å²) in [5.74, 6) is -0.0699. The molecule has 3 nitrogen and oxygen atoms in total. The maximum absolute atomic E-state index is 12.2. The minimum atomic E-state index is -0.780. The first kappa shape index (κ1) is 16.7. The maximum Gasteiger partial charge on any atom is 0.239 e. The highest BCUT2D eigenvalue weighted by molar-refractivity contribution is 5.85. The van der Waals surface area contributed by atoms with E-state index < -0.39 is 5.54 Å². The molecule has 0 spiro atoms. The van der Waals surface area contributed by atoms with Gasteiger partial charge in [0.2, 0.25) is 5.91 Å². The fraction of sp³-hybridized carbons (Fsp3) is 0.588. The molecule has 1 atom stereocenters. The van der Waals surface area contributed by atoms with Crippen molar-refractivity contribution >= 4 is 5.91 Å². The highest BCUT2D eigenvalue weighted by Crippen LogP contribution is 2.23. The fourth-order valence-corrected chi connectivity index (χ4v) is 2.24. The molecule has 0 saturated heterocycles. The Bertz CT molecular complexity index is 447. The third-order valence-corrected chi connectivity index (χ3v) is 3.81. The Morgan fingerprint density at radius 2 is 1.75 bits per heavy atom. The molecule has 0 radical (unpaired) electrons. The molecule has 0 aliphatic rings. The van der Waals surface area contributed by atoms with Crippen LogP contribution < -0.4 is 11.1 Å². The number of hydrogen-bond donors (Lipinski definition) is 2. The van der Waals surface area contributed by atoms with Crippen molar-refractivity contribution in [2.75, 3.05) is 6.54 Å². The van der Waals surface area contributed by atoms with Gasteiger partial charge < -0.3 is 11.1 Å². The maximum atomic E-state index is 12.2. The van der Waals surface area contributed by atoms with Crippen molar-refractivity contribution in [1.29, 1.82) is 0 Å². The number of nitrogens with two attached hydrogens (primary N) is 1. The summed E-state index contributed by atoms with van der Waals surface area (Å²) in [6, 6.07) is 8.44. The lowest BCUT2D eigenvalue weighted by molar-refractivity contribution is -0.126. The van der Waals surface area contributed by atoms with Crippen molar-refractivity contribution in [2.45, 2.75) is 58.4 Å². The van der Waals surface area contributed by atoms with E-state index in [2.05, 4.69) is 50.4 Å². The monoisotopic (exact) mass is 276 g/mol. The third kappa shape index (κ3) is 4.34. The molecule has 1 rings (SSSR count). The minimum Gasteiger partial charge on any atom is -0.354 e. The summed E-state index contributed by atoms with van der Waals surface area (Å²) in [4.78, 5) is 12.2. The number of amides is 1. The largest absolute Gasteiger partial charge is 0.354 e. The zero-order valence-corrected chi connectivity index (χ0v) is 13.4. The Morgan fingerprint density at radius 3 is 2.25 bits per heavy atom.